The summed E-state index contributed by atoms with van der Waals surface area (Å²) in [5.74, 6) is -0.373. The van der Waals surface area contributed by atoms with Crippen LogP contribution in [0.2, 0.25) is 0 Å². The number of rotatable bonds is 10. The Bertz CT molecular complexity index is 438. The Labute approximate surface area is 135 Å². The first kappa shape index (κ1) is 20.6. The van der Waals surface area contributed by atoms with E-state index in [1.807, 2.05) is 0 Å². The normalized spacial score (nSPS) is 12.6. The van der Waals surface area contributed by atoms with Gasteiger partial charge in [-0.3, -0.25) is 9.59 Å². The van der Waals surface area contributed by atoms with Gasteiger partial charge in [0.25, 0.3) is 5.96 Å². The van der Waals surface area contributed by atoms with Gasteiger partial charge in [0.2, 0.25) is 11.8 Å². The van der Waals surface area contributed by atoms with E-state index in [-0.39, 0.29) is 24.3 Å². The van der Waals surface area contributed by atoms with Crippen LogP contribution in [-0.2, 0) is 9.59 Å². The molecule has 2 amide bonds. The molecule has 1 atom stereocenters. The number of guanidine groups is 1. The molecule has 0 aliphatic rings. The first-order chi connectivity index (χ1) is 10.7. The van der Waals surface area contributed by atoms with Crippen LogP contribution >= 0.6 is 0 Å². The third kappa shape index (κ3) is 11.9. The van der Waals surface area contributed by atoms with E-state index in [4.69, 9.17) is 5.73 Å². The lowest BCUT2D eigenvalue weighted by molar-refractivity contribution is -0.525. The topological polar surface area (TPSA) is 152 Å². The van der Waals surface area contributed by atoms with Crippen molar-refractivity contribution >= 4 is 17.8 Å². The van der Waals surface area contributed by atoms with Crippen LogP contribution in [0.5, 0.6) is 0 Å². The molecule has 132 valence electrons. The van der Waals surface area contributed by atoms with E-state index in [0.29, 0.717) is 25.3 Å². The number of nitrogens with one attached hydrogen (secondary N) is 3. The second-order valence-electron chi connectivity index (χ2n) is 5.50. The summed E-state index contributed by atoms with van der Waals surface area (Å²) in [6.45, 7) is 6.20. The Morgan fingerprint density at radius 1 is 1.30 bits per heavy atom. The van der Waals surface area contributed by atoms with Crippen molar-refractivity contribution in [3.8, 4) is 0 Å². The van der Waals surface area contributed by atoms with Crippen LogP contribution in [0, 0.1) is 16.0 Å². The second-order valence-corrected chi connectivity index (χ2v) is 5.50. The molecule has 0 unspecified atom stereocenters. The number of aliphatic imine (C=N–C) groups is 1. The molecule has 10 heteroatoms. The van der Waals surface area contributed by atoms with Gasteiger partial charge in [-0.25, -0.2) is 15.1 Å². The fourth-order valence-electron chi connectivity index (χ4n) is 1.75. The van der Waals surface area contributed by atoms with Gasteiger partial charge in [0.05, 0.1) is 0 Å². The Hall–Kier alpha value is -2.39. The van der Waals surface area contributed by atoms with Crippen LogP contribution < -0.4 is 21.8 Å². The van der Waals surface area contributed by atoms with Gasteiger partial charge in [0, 0.05) is 20.0 Å². The van der Waals surface area contributed by atoms with E-state index in [2.05, 4.69) is 29.5 Å². The molecule has 0 aromatic heterocycles. The predicted molar refractivity (Wildman–Crippen MR) is 85.9 cm³/mol. The number of nitro groups is 1. The second kappa shape index (κ2) is 11.2. The summed E-state index contributed by atoms with van der Waals surface area (Å²) in [7, 11) is 0. The van der Waals surface area contributed by atoms with Gasteiger partial charge < -0.3 is 16.4 Å². The van der Waals surface area contributed by atoms with E-state index in [1.165, 1.54) is 6.92 Å². The first-order valence-electron chi connectivity index (χ1n) is 7.48. The van der Waals surface area contributed by atoms with Gasteiger partial charge >= 0.3 is 0 Å². The van der Waals surface area contributed by atoms with Crippen LogP contribution in [-0.4, -0.2) is 41.9 Å². The largest absolute Gasteiger partial charge is 0.365 e. The summed E-state index contributed by atoms with van der Waals surface area (Å²) < 4.78 is 0. The number of nitrogens with zero attached hydrogens (tertiary/aromatic N) is 2. The fraction of sp³-hybridized carbons (Fsp3) is 0.769. The van der Waals surface area contributed by atoms with Gasteiger partial charge in [0.15, 0.2) is 5.03 Å². The molecule has 0 bridgehead atoms. The van der Waals surface area contributed by atoms with Crippen molar-refractivity contribution in [2.24, 2.45) is 16.6 Å². The summed E-state index contributed by atoms with van der Waals surface area (Å²) in [5.41, 5.74) is 7.00. The molecule has 0 fully saturated rings. The Morgan fingerprint density at radius 3 is 2.48 bits per heavy atom. The van der Waals surface area contributed by atoms with E-state index in [1.54, 1.807) is 5.43 Å². The maximum absolute atomic E-state index is 12.0. The number of carbonyl (C=O) groups is 2. The lowest BCUT2D eigenvalue weighted by atomic mass is 10.1. The number of amides is 2. The van der Waals surface area contributed by atoms with Crippen molar-refractivity contribution in [2.75, 3.05) is 13.1 Å². The molecule has 0 spiro atoms. The average Bonchev–Trinajstić information content (AvgIpc) is 2.40. The molecule has 23 heavy (non-hydrogen) atoms. The molecule has 0 saturated heterocycles. The molecule has 0 radical (unpaired) electrons. The lowest BCUT2D eigenvalue weighted by Crippen LogP contribution is -2.46. The van der Waals surface area contributed by atoms with Crippen LogP contribution in [0.4, 0.5) is 0 Å². The molecule has 0 rings (SSSR count). The molecule has 0 aromatic rings. The number of nitrogens with two attached hydrogens (primary N) is 1. The predicted octanol–water partition coefficient (Wildman–Crippen LogP) is -0.470. The summed E-state index contributed by atoms with van der Waals surface area (Å²) in [5, 5.41) is 14.7. The van der Waals surface area contributed by atoms with Crippen molar-refractivity contribution in [1.82, 2.24) is 16.1 Å². The monoisotopic (exact) mass is 330 g/mol. The molecule has 5 N–H and O–H groups in total. The standard InChI is InChI=1S/C13H26N6O4/c1-9(2)6-8-15-12(21)11(17-10(3)20)5-4-7-16-13(14)18-19(22)23/h9,11H,4-8H2,1-3H3,(H,15,21)(H,17,20)(H3,14,16,18)/t11-/m0/s1. The van der Waals surface area contributed by atoms with Crippen molar-refractivity contribution in [3.63, 3.8) is 0 Å². The van der Waals surface area contributed by atoms with Gasteiger partial charge in [-0.15, -0.1) is 0 Å². The molecule has 0 aliphatic carbocycles. The average molecular weight is 330 g/mol. The van der Waals surface area contributed by atoms with E-state index in [0.717, 1.165) is 6.42 Å². The zero-order valence-electron chi connectivity index (χ0n) is 13.8. The molecule has 0 saturated carbocycles. The van der Waals surface area contributed by atoms with Crippen molar-refractivity contribution < 1.29 is 14.6 Å². The van der Waals surface area contributed by atoms with E-state index < -0.39 is 11.1 Å². The zero-order valence-corrected chi connectivity index (χ0v) is 13.8. The highest BCUT2D eigenvalue weighted by Crippen LogP contribution is 2.01. The zero-order chi connectivity index (χ0) is 17.8. The minimum Gasteiger partial charge on any atom is -0.365 e. The summed E-state index contributed by atoms with van der Waals surface area (Å²) in [6, 6.07) is -0.653. The summed E-state index contributed by atoms with van der Waals surface area (Å²) in [6.07, 6.45) is 1.66. The van der Waals surface area contributed by atoms with Crippen molar-refractivity contribution in [3.05, 3.63) is 10.1 Å². The molecular formula is C13H26N6O4. The quantitative estimate of drug-likeness (QED) is 0.140. The number of hydrogen-bond acceptors (Lipinski definition) is 5. The van der Waals surface area contributed by atoms with Gasteiger partial charge in [-0.1, -0.05) is 19.3 Å². The Kier molecular flexibility index (Phi) is 10.0. The van der Waals surface area contributed by atoms with E-state index in [9.17, 15) is 19.7 Å². The minimum absolute atomic E-state index is 0.210. The van der Waals surface area contributed by atoms with Crippen LogP contribution in [0.3, 0.4) is 0 Å². The molecular weight excluding hydrogens is 304 g/mol. The maximum atomic E-state index is 12.0. The first-order valence-corrected chi connectivity index (χ1v) is 7.48. The fourth-order valence-corrected chi connectivity index (χ4v) is 1.75. The SMILES string of the molecule is CC(=O)N[C@@H](CCCN=C(N)N[N+](=O)[O-])C(=O)NCCC(C)C. The smallest absolute Gasteiger partial charge is 0.251 e. The summed E-state index contributed by atoms with van der Waals surface area (Å²) in [4.78, 5) is 37.1. The van der Waals surface area contributed by atoms with Crippen LogP contribution in [0.25, 0.3) is 0 Å². The molecule has 0 heterocycles. The number of carbonyl (C=O) groups excluding carboxylic acids is 2. The highest BCUT2D eigenvalue weighted by atomic mass is 16.7. The number of hydrogen-bond donors (Lipinski definition) is 4. The Balaban J connectivity index is 4.31. The Morgan fingerprint density at radius 2 is 1.96 bits per heavy atom. The highest BCUT2D eigenvalue weighted by molar-refractivity contribution is 5.86. The molecule has 10 nitrogen and oxygen atoms in total. The maximum Gasteiger partial charge on any atom is 0.251 e. The highest BCUT2D eigenvalue weighted by Gasteiger charge is 2.18. The van der Waals surface area contributed by atoms with Crippen molar-refractivity contribution in [2.45, 2.75) is 46.1 Å². The third-order valence-electron chi connectivity index (χ3n) is 2.85. The van der Waals surface area contributed by atoms with Crippen molar-refractivity contribution in [1.29, 1.82) is 0 Å². The molecule has 0 aliphatic heterocycles. The van der Waals surface area contributed by atoms with Gasteiger partial charge in [-0.05, 0) is 25.2 Å². The van der Waals surface area contributed by atoms with Crippen LogP contribution in [0.15, 0.2) is 4.99 Å². The summed E-state index contributed by atoms with van der Waals surface area (Å²) >= 11 is 0. The molecule has 0 aromatic carbocycles. The van der Waals surface area contributed by atoms with Gasteiger partial charge in [-0.2, -0.15) is 0 Å². The number of hydrazine groups is 1. The lowest BCUT2D eigenvalue weighted by Gasteiger charge is -2.17. The van der Waals surface area contributed by atoms with Crippen LogP contribution in [0.1, 0.15) is 40.0 Å². The van der Waals surface area contributed by atoms with E-state index >= 15 is 0 Å². The van der Waals surface area contributed by atoms with Gasteiger partial charge in [0.1, 0.15) is 6.04 Å². The third-order valence-corrected chi connectivity index (χ3v) is 2.85. The minimum atomic E-state index is -0.804.